The normalized spacial score (nSPS) is 18.3. The maximum Gasteiger partial charge on any atom is 0.451 e. The van der Waals surface area contributed by atoms with Crippen molar-refractivity contribution in [3.05, 3.63) is 68.8 Å². The van der Waals surface area contributed by atoms with Crippen LogP contribution in [0.15, 0.2) is 41.0 Å². The van der Waals surface area contributed by atoms with Crippen LogP contribution < -0.4 is 4.74 Å². The van der Waals surface area contributed by atoms with Crippen LogP contribution in [-0.2, 0) is 15.8 Å². The Morgan fingerprint density at radius 2 is 2.00 bits per heavy atom. The molecule has 1 aromatic carbocycles. The zero-order valence-corrected chi connectivity index (χ0v) is 21.2. The molecular formula is C24H20ClF4N5O3S. The van der Waals surface area contributed by atoms with Gasteiger partial charge >= 0.3 is 6.18 Å². The fourth-order valence-electron chi connectivity index (χ4n) is 4.27. The quantitative estimate of drug-likeness (QED) is 0.370. The molecule has 0 N–H and O–H groups in total. The van der Waals surface area contributed by atoms with E-state index in [2.05, 4.69) is 15.1 Å². The van der Waals surface area contributed by atoms with E-state index in [1.807, 2.05) is 5.38 Å². The summed E-state index contributed by atoms with van der Waals surface area (Å²) in [6.45, 7) is 0.488. The van der Waals surface area contributed by atoms with Crippen molar-refractivity contribution in [2.24, 2.45) is 5.16 Å². The van der Waals surface area contributed by atoms with E-state index >= 15 is 0 Å². The lowest BCUT2D eigenvalue weighted by Crippen LogP contribution is -2.40. The van der Waals surface area contributed by atoms with Gasteiger partial charge in [0.15, 0.2) is 12.7 Å². The largest absolute Gasteiger partial charge is 0.467 e. The van der Waals surface area contributed by atoms with Gasteiger partial charge in [-0.05, 0) is 25.0 Å². The van der Waals surface area contributed by atoms with Gasteiger partial charge in [0, 0.05) is 48.6 Å². The Kier molecular flexibility index (Phi) is 7.48. The molecule has 1 fully saturated rings. The fraction of sp³-hybridized carbons (Fsp3) is 0.375. The van der Waals surface area contributed by atoms with Gasteiger partial charge in [0.2, 0.25) is 11.7 Å². The summed E-state index contributed by atoms with van der Waals surface area (Å²) in [5.74, 6) is -2.30. The Labute approximate surface area is 223 Å². The number of carbonyl (C=O) groups excluding carboxylic acids is 1. The molecule has 1 amide bonds. The fourth-order valence-corrected chi connectivity index (χ4v) is 5.56. The highest BCUT2D eigenvalue weighted by molar-refractivity contribution is 7.10. The second kappa shape index (κ2) is 10.8. The SMILES string of the molecule is O=C(COc1ccnc(C(F)(F)F)n1)N1CCC(c2nc(C3=NOC(c4c(F)cccc4Cl)C3)cs2)CC1. The second-order valence-electron chi connectivity index (χ2n) is 8.70. The zero-order valence-electron chi connectivity index (χ0n) is 19.6. The summed E-state index contributed by atoms with van der Waals surface area (Å²) in [4.78, 5) is 30.8. The van der Waals surface area contributed by atoms with E-state index < -0.39 is 30.5 Å². The molecule has 4 heterocycles. The van der Waals surface area contributed by atoms with Gasteiger partial charge in [-0.2, -0.15) is 18.2 Å². The number of carbonyl (C=O) groups is 1. The molecule has 200 valence electrons. The molecule has 1 saturated heterocycles. The van der Waals surface area contributed by atoms with Gasteiger partial charge in [-0.25, -0.2) is 14.4 Å². The van der Waals surface area contributed by atoms with Gasteiger partial charge in [0.05, 0.1) is 15.7 Å². The number of oxime groups is 1. The summed E-state index contributed by atoms with van der Waals surface area (Å²) in [5.41, 5.74) is 1.54. The summed E-state index contributed by atoms with van der Waals surface area (Å²) < 4.78 is 57.7. The topological polar surface area (TPSA) is 89.8 Å². The van der Waals surface area contributed by atoms with Gasteiger partial charge in [0.25, 0.3) is 5.91 Å². The van der Waals surface area contributed by atoms with Crippen molar-refractivity contribution in [2.45, 2.75) is 37.5 Å². The first-order chi connectivity index (χ1) is 18.2. The number of alkyl halides is 3. The molecule has 3 aromatic rings. The number of thiazole rings is 1. The lowest BCUT2D eigenvalue weighted by atomic mass is 9.97. The van der Waals surface area contributed by atoms with Crippen molar-refractivity contribution in [3.63, 3.8) is 0 Å². The number of piperidine rings is 1. The van der Waals surface area contributed by atoms with Crippen LogP contribution in [0, 0.1) is 5.82 Å². The van der Waals surface area contributed by atoms with Crippen LogP contribution in [0.5, 0.6) is 5.88 Å². The summed E-state index contributed by atoms with van der Waals surface area (Å²) in [5, 5.41) is 7.16. The molecule has 38 heavy (non-hydrogen) atoms. The van der Waals surface area contributed by atoms with Crippen LogP contribution >= 0.6 is 22.9 Å². The summed E-state index contributed by atoms with van der Waals surface area (Å²) >= 11 is 7.63. The molecule has 8 nitrogen and oxygen atoms in total. The number of hydrogen-bond donors (Lipinski definition) is 0. The van der Waals surface area contributed by atoms with Gasteiger partial charge in [-0.3, -0.25) is 4.79 Å². The van der Waals surface area contributed by atoms with Crippen molar-refractivity contribution in [2.75, 3.05) is 19.7 Å². The maximum atomic E-state index is 14.2. The van der Waals surface area contributed by atoms with E-state index in [1.165, 1.54) is 29.5 Å². The van der Waals surface area contributed by atoms with Crippen LogP contribution in [0.1, 0.15) is 53.4 Å². The molecular weight excluding hydrogens is 550 g/mol. The summed E-state index contributed by atoms with van der Waals surface area (Å²) in [6, 6.07) is 5.63. The number of benzene rings is 1. The van der Waals surface area contributed by atoms with Crippen molar-refractivity contribution >= 4 is 34.6 Å². The molecule has 0 radical (unpaired) electrons. The monoisotopic (exact) mass is 569 g/mol. The Morgan fingerprint density at radius 1 is 1.21 bits per heavy atom. The van der Waals surface area contributed by atoms with Crippen molar-refractivity contribution in [3.8, 4) is 5.88 Å². The first-order valence-electron chi connectivity index (χ1n) is 11.6. The Balaban J connectivity index is 1.13. The number of rotatable bonds is 6. The van der Waals surface area contributed by atoms with Crippen molar-refractivity contribution in [1.29, 1.82) is 0 Å². The average molecular weight is 570 g/mol. The van der Waals surface area contributed by atoms with E-state index in [-0.39, 0.29) is 28.3 Å². The highest BCUT2D eigenvalue weighted by atomic mass is 35.5. The predicted octanol–water partition coefficient (Wildman–Crippen LogP) is 5.40. The smallest absolute Gasteiger partial charge is 0.451 e. The second-order valence-corrected chi connectivity index (χ2v) is 10.00. The van der Waals surface area contributed by atoms with Crippen LogP contribution in [0.3, 0.4) is 0 Å². The Bertz CT molecular complexity index is 1340. The number of aromatic nitrogens is 3. The summed E-state index contributed by atoms with van der Waals surface area (Å²) in [7, 11) is 0. The van der Waals surface area contributed by atoms with Gasteiger partial charge < -0.3 is 14.5 Å². The average Bonchev–Trinajstić information content (AvgIpc) is 3.57. The van der Waals surface area contributed by atoms with E-state index in [0.29, 0.717) is 43.8 Å². The molecule has 5 rings (SSSR count). The third kappa shape index (κ3) is 5.73. The van der Waals surface area contributed by atoms with E-state index in [9.17, 15) is 22.4 Å². The predicted molar refractivity (Wildman–Crippen MR) is 130 cm³/mol. The number of hydrogen-bond acceptors (Lipinski definition) is 8. The van der Waals surface area contributed by atoms with Crippen LogP contribution in [0.4, 0.5) is 17.6 Å². The van der Waals surface area contributed by atoms with E-state index in [0.717, 1.165) is 11.2 Å². The first kappa shape index (κ1) is 26.3. The summed E-state index contributed by atoms with van der Waals surface area (Å²) in [6.07, 6.45) is -2.71. The van der Waals surface area contributed by atoms with Crippen molar-refractivity contribution < 1.29 is 31.9 Å². The maximum absolute atomic E-state index is 14.2. The van der Waals surface area contributed by atoms with Crippen LogP contribution in [0.25, 0.3) is 0 Å². The minimum atomic E-state index is -4.70. The van der Waals surface area contributed by atoms with Gasteiger partial charge in [0.1, 0.15) is 11.5 Å². The number of halogens is 5. The number of ether oxygens (including phenoxy) is 1. The minimum absolute atomic E-state index is 0.134. The molecule has 2 aromatic heterocycles. The highest BCUT2D eigenvalue weighted by Gasteiger charge is 2.35. The Hall–Kier alpha value is -3.32. The third-order valence-corrected chi connectivity index (χ3v) is 7.57. The van der Waals surface area contributed by atoms with Crippen LogP contribution in [-0.4, -0.2) is 51.2 Å². The first-order valence-corrected chi connectivity index (χ1v) is 12.9. The number of likely N-dealkylation sites (tertiary alicyclic amines) is 1. The van der Waals surface area contributed by atoms with E-state index in [1.54, 1.807) is 11.0 Å². The number of nitrogens with zero attached hydrogens (tertiary/aromatic N) is 5. The Morgan fingerprint density at radius 3 is 2.74 bits per heavy atom. The molecule has 0 aliphatic carbocycles. The molecule has 14 heteroatoms. The molecule has 1 unspecified atom stereocenters. The zero-order chi connectivity index (χ0) is 26.9. The lowest BCUT2D eigenvalue weighted by Gasteiger charge is -2.31. The molecule has 2 aliphatic rings. The van der Waals surface area contributed by atoms with Crippen molar-refractivity contribution in [1.82, 2.24) is 19.9 Å². The molecule has 0 bridgehead atoms. The standard InChI is InChI=1S/C24H20ClF4N5O3S/c25-14-2-1-3-15(26)21(14)18-10-16(33-37-18)17-12-38-22(31-17)13-5-8-34(9-6-13)20(35)11-36-19-4-7-30-23(32-19)24(27,28)29/h1-4,7,12-13,18H,5-6,8-11H2. The van der Waals surface area contributed by atoms with E-state index in [4.69, 9.17) is 26.2 Å². The minimum Gasteiger partial charge on any atom is -0.467 e. The third-order valence-electron chi connectivity index (χ3n) is 6.23. The lowest BCUT2D eigenvalue weighted by molar-refractivity contribution is -0.145. The highest BCUT2D eigenvalue weighted by Crippen LogP contribution is 2.37. The molecule has 2 aliphatic heterocycles. The van der Waals surface area contributed by atoms with Gasteiger partial charge in [-0.1, -0.05) is 22.8 Å². The molecule has 0 spiro atoms. The molecule has 1 atom stereocenters. The number of amides is 1. The molecule has 0 saturated carbocycles. The van der Waals surface area contributed by atoms with Crippen LogP contribution in [0.2, 0.25) is 5.02 Å². The van der Waals surface area contributed by atoms with Gasteiger partial charge in [-0.15, -0.1) is 11.3 Å².